The highest BCUT2D eigenvalue weighted by atomic mass is 31.2. The van der Waals surface area contributed by atoms with Crippen molar-refractivity contribution >= 4 is 29.3 Å². The number of carbonyl (C=O) groups is 1. The monoisotopic (exact) mass is 952 g/mol. The number of fused-ring (bicyclic) bond motifs is 2. The first kappa shape index (κ1) is 45.4. The third-order valence-corrected chi connectivity index (χ3v) is 17.8. The molecule has 1 saturated carbocycles. The second kappa shape index (κ2) is 17.0. The van der Waals surface area contributed by atoms with Gasteiger partial charge in [0.25, 0.3) is 5.91 Å². The predicted molar refractivity (Wildman–Crippen MR) is 249 cm³/mol. The summed E-state index contributed by atoms with van der Waals surface area (Å²) in [7, 11) is -3.09. The number of nitrogens with zero attached hydrogens (tertiary/aromatic N) is 7. The summed E-state index contributed by atoms with van der Waals surface area (Å²) in [5, 5.41) is 10.2. The van der Waals surface area contributed by atoms with Crippen LogP contribution in [0.2, 0.25) is 0 Å². The Balaban J connectivity index is 1.11. The van der Waals surface area contributed by atoms with E-state index in [1.807, 2.05) is 30.5 Å². The van der Waals surface area contributed by atoms with E-state index in [2.05, 4.69) is 22.3 Å². The topological polar surface area (TPSA) is 164 Å². The van der Waals surface area contributed by atoms with Crippen molar-refractivity contribution in [1.29, 1.82) is 0 Å². The number of imidazole rings is 1. The van der Waals surface area contributed by atoms with Gasteiger partial charge in [-0.2, -0.15) is 13.9 Å². The van der Waals surface area contributed by atoms with Crippen LogP contribution in [0.3, 0.4) is 0 Å². The van der Waals surface area contributed by atoms with E-state index in [0.29, 0.717) is 77.4 Å². The minimum Gasteiger partial charge on any atom is -0.434 e. The Morgan fingerprint density at radius 3 is 2.32 bits per heavy atom. The maximum Gasteiger partial charge on any atom is 0.438 e. The summed E-state index contributed by atoms with van der Waals surface area (Å²) >= 11 is 0. The Hall–Kier alpha value is -6.39. The Morgan fingerprint density at radius 1 is 0.971 bits per heavy atom. The zero-order valence-corrected chi connectivity index (χ0v) is 39.5. The third-order valence-electron chi connectivity index (χ3n) is 14.5. The van der Waals surface area contributed by atoms with Gasteiger partial charge in [-0.1, -0.05) is 32.0 Å². The van der Waals surface area contributed by atoms with Crippen LogP contribution in [0.15, 0.2) is 81.1 Å². The summed E-state index contributed by atoms with van der Waals surface area (Å²) in [6.45, 7) is 9.07. The number of aromatic amines is 1. The van der Waals surface area contributed by atoms with E-state index in [-0.39, 0.29) is 53.3 Å². The number of H-pyrrole nitrogens is 1. The molecule has 3 atom stereocenters. The first-order valence-corrected chi connectivity index (χ1v) is 25.1. The quantitative estimate of drug-likeness (QED) is 0.119. The van der Waals surface area contributed by atoms with Gasteiger partial charge in [-0.15, -0.1) is 0 Å². The van der Waals surface area contributed by atoms with Crippen molar-refractivity contribution in [2.75, 3.05) is 32.1 Å². The Kier molecular flexibility index (Phi) is 11.3. The molecule has 1 saturated heterocycles. The number of hydrogen-bond acceptors (Lipinski definition) is 9. The zero-order chi connectivity index (χ0) is 48.0. The molecule has 356 valence electrons. The molecule has 3 aromatic carbocycles. The van der Waals surface area contributed by atoms with Gasteiger partial charge >= 0.3 is 18.1 Å². The first-order chi connectivity index (χ1) is 32.6. The van der Waals surface area contributed by atoms with Crippen molar-refractivity contribution in [3.8, 4) is 22.9 Å². The van der Waals surface area contributed by atoms with Crippen LogP contribution in [0.5, 0.6) is 5.75 Å². The summed E-state index contributed by atoms with van der Waals surface area (Å²) in [6, 6.07) is 15.1. The molecule has 68 heavy (non-hydrogen) atoms. The molecule has 19 heteroatoms. The van der Waals surface area contributed by atoms with Gasteiger partial charge in [0.1, 0.15) is 35.8 Å². The summed E-state index contributed by atoms with van der Waals surface area (Å²) in [5.74, 6) is -0.742. The largest absolute Gasteiger partial charge is 0.438 e. The molecule has 1 N–H and O–H groups in total. The van der Waals surface area contributed by atoms with Crippen LogP contribution in [-0.2, 0) is 21.3 Å². The van der Waals surface area contributed by atoms with Crippen LogP contribution in [0.25, 0.3) is 28.1 Å². The number of hydrogen-bond donors (Lipinski definition) is 1. The van der Waals surface area contributed by atoms with Gasteiger partial charge in [0.2, 0.25) is 0 Å². The molecule has 4 aromatic heterocycles. The number of ether oxygens (including phenoxy) is 2. The summed E-state index contributed by atoms with van der Waals surface area (Å²) in [6.07, 6.45) is 6.14. The van der Waals surface area contributed by atoms with Crippen molar-refractivity contribution < 1.29 is 36.5 Å². The lowest BCUT2D eigenvalue weighted by molar-refractivity contribution is -0.0491. The van der Waals surface area contributed by atoms with Gasteiger partial charge in [0, 0.05) is 73.4 Å². The van der Waals surface area contributed by atoms with Crippen LogP contribution in [0.1, 0.15) is 103 Å². The number of rotatable bonds is 12. The molecule has 3 aliphatic rings. The van der Waals surface area contributed by atoms with Gasteiger partial charge in [0.05, 0.1) is 28.4 Å². The Bertz CT molecular complexity index is 3270. The molecular formula is C49H52F3N8O7P. The van der Waals surface area contributed by atoms with E-state index in [9.17, 15) is 22.9 Å². The van der Waals surface area contributed by atoms with Crippen molar-refractivity contribution in [2.24, 2.45) is 5.92 Å². The smallest absolute Gasteiger partial charge is 0.434 e. The SMILES string of the molecule is CCP(=O)(CC)c1ccc(-n2ccn(-c3c4c(nn3-c3cc(C)c(F)c(C)c3)CCN(C(=O)c3cc5cc(C6CCOCC6)ccc5n3[C@@]3(c5noc(=O)[nH]5)C[C@@H]3C)[C@H]4C)c2=O)cc1OC(F)F. The van der Waals surface area contributed by atoms with Crippen LogP contribution in [-0.4, -0.2) is 83.1 Å². The lowest BCUT2D eigenvalue weighted by Crippen LogP contribution is -2.41. The minimum atomic E-state index is -3.21. The molecule has 1 aliphatic carbocycles. The highest BCUT2D eigenvalue weighted by Gasteiger charge is 2.59. The maximum absolute atomic E-state index is 15.5. The van der Waals surface area contributed by atoms with Gasteiger partial charge in [0.15, 0.2) is 5.82 Å². The zero-order valence-electron chi connectivity index (χ0n) is 38.6. The number of aromatic nitrogens is 7. The fraction of sp³-hybridized carbons (Fsp3) is 0.408. The summed E-state index contributed by atoms with van der Waals surface area (Å²) in [4.78, 5) is 47.3. The molecule has 7 aromatic rings. The fourth-order valence-electron chi connectivity index (χ4n) is 10.7. The minimum absolute atomic E-state index is 0.0219. The number of carbonyl (C=O) groups excluding carboxylic acids is 1. The van der Waals surface area contributed by atoms with Gasteiger partial charge in [-0.05, 0) is 111 Å². The molecule has 0 bridgehead atoms. The predicted octanol–water partition coefficient (Wildman–Crippen LogP) is 8.27. The van der Waals surface area contributed by atoms with Crippen molar-refractivity contribution in [3.05, 3.63) is 133 Å². The first-order valence-electron chi connectivity index (χ1n) is 23.1. The fourth-order valence-corrected chi connectivity index (χ4v) is 12.7. The van der Waals surface area contributed by atoms with E-state index in [0.717, 1.165) is 29.3 Å². The number of alkyl halides is 2. The number of halogens is 3. The molecule has 0 unspecified atom stereocenters. The van der Waals surface area contributed by atoms with Crippen molar-refractivity contribution in [3.63, 3.8) is 0 Å². The van der Waals surface area contributed by atoms with E-state index in [1.165, 1.54) is 33.7 Å². The highest BCUT2D eigenvalue weighted by Crippen LogP contribution is 2.56. The number of amides is 1. The average Bonchev–Trinajstić information content (AvgIpc) is 3.82. The Labute approximate surface area is 388 Å². The highest BCUT2D eigenvalue weighted by molar-refractivity contribution is 7.71. The molecule has 2 aliphatic heterocycles. The van der Waals surface area contributed by atoms with E-state index >= 15 is 9.18 Å². The number of aryl methyl sites for hydroxylation is 2. The maximum atomic E-state index is 15.5. The second-order valence-corrected chi connectivity index (χ2v) is 21.9. The molecular weight excluding hydrogens is 901 g/mol. The lowest BCUT2D eigenvalue weighted by atomic mass is 9.91. The number of benzene rings is 3. The Morgan fingerprint density at radius 2 is 1.68 bits per heavy atom. The number of nitrogens with one attached hydrogen (secondary N) is 1. The normalized spacial score (nSPS) is 19.8. The van der Waals surface area contributed by atoms with Crippen LogP contribution in [0.4, 0.5) is 13.2 Å². The molecule has 0 radical (unpaired) electrons. The summed E-state index contributed by atoms with van der Waals surface area (Å²) in [5.41, 5.74) is 3.45. The molecule has 1 amide bonds. The van der Waals surface area contributed by atoms with E-state index < -0.39 is 36.8 Å². The molecule has 2 fully saturated rings. The lowest BCUT2D eigenvalue weighted by Gasteiger charge is -2.34. The molecule has 0 spiro atoms. The van der Waals surface area contributed by atoms with Crippen molar-refractivity contribution in [1.82, 2.24) is 38.5 Å². The molecule has 6 heterocycles. The van der Waals surface area contributed by atoms with Crippen LogP contribution >= 0.6 is 7.14 Å². The average molecular weight is 953 g/mol. The molecule has 10 rings (SSSR count). The van der Waals surface area contributed by atoms with E-state index in [1.54, 1.807) is 55.5 Å². The van der Waals surface area contributed by atoms with Gasteiger partial charge in [-0.25, -0.2) is 18.7 Å². The van der Waals surface area contributed by atoms with E-state index in [4.69, 9.17) is 19.1 Å². The van der Waals surface area contributed by atoms with Crippen LogP contribution < -0.4 is 21.5 Å². The molecule has 15 nitrogen and oxygen atoms in total. The second-order valence-electron chi connectivity index (χ2n) is 18.3. The summed E-state index contributed by atoms with van der Waals surface area (Å²) < 4.78 is 78.4. The third kappa shape index (κ3) is 7.29. The van der Waals surface area contributed by atoms with Gasteiger partial charge < -0.3 is 23.5 Å². The van der Waals surface area contributed by atoms with Crippen molar-refractivity contribution in [2.45, 2.75) is 91.3 Å². The standard InChI is InChI=1S/C49H52F3N8O7P/c1-7-68(64,8-2)40-12-10-34(25-39(40)66-46(51)52)57-17-18-58(48(57)63)43-41-30(6)56(16-13-36(41)54-60(43)35-21-27(3)42(50)28(4)22-35)44(61)38-24-33-23-32(31-14-19-65-20-15-31)9-11-37(33)59(38)49(26-29(49)5)45-53-47(62)67-55-45/h9-12,17-18,21-25,29-31,46H,7-8,13-16,19-20,26H2,1-6H3,(H,53,55,62)/t29-,30-,49-/m0/s1. The van der Waals surface area contributed by atoms with Gasteiger partial charge in [-0.3, -0.25) is 23.4 Å². The van der Waals surface area contributed by atoms with Crippen LogP contribution in [0, 0.1) is 25.6 Å².